The quantitative estimate of drug-likeness (QED) is 0.842. The zero-order valence-corrected chi connectivity index (χ0v) is 9.99. The fraction of sp³-hybridized carbons (Fsp3) is 0.273. The van der Waals surface area contributed by atoms with Crippen molar-refractivity contribution in [2.24, 2.45) is 5.73 Å². The van der Waals surface area contributed by atoms with Crippen LogP contribution in [0.1, 0.15) is 5.56 Å². The van der Waals surface area contributed by atoms with Gasteiger partial charge in [0.1, 0.15) is 12.1 Å². The van der Waals surface area contributed by atoms with Crippen molar-refractivity contribution in [2.75, 3.05) is 19.0 Å². The van der Waals surface area contributed by atoms with Crippen LogP contribution >= 0.6 is 11.6 Å². The van der Waals surface area contributed by atoms with Gasteiger partial charge in [-0.15, -0.1) is 0 Å². The van der Waals surface area contributed by atoms with Crippen LogP contribution in [0.15, 0.2) is 18.2 Å². The summed E-state index contributed by atoms with van der Waals surface area (Å²) in [7, 11) is 1.46. The lowest BCUT2D eigenvalue weighted by Gasteiger charge is -2.11. The van der Waals surface area contributed by atoms with E-state index in [2.05, 4.69) is 5.32 Å². The smallest absolute Gasteiger partial charge is 0.243 e. The maximum absolute atomic E-state index is 11.5. The lowest BCUT2D eigenvalue weighted by Crippen LogP contribution is -2.39. The first-order valence-electron chi connectivity index (χ1n) is 4.83. The molecule has 0 spiro atoms. The monoisotopic (exact) mass is 253 g/mol. The van der Waals surface area contributed by atoms with E-state index in [0.29, 0.717) is 11.3 Å². The van der Waals surface area contributed by atoms with Gasteiger partial charge in [0, 0.05) is 12.8 Å². The van der Waals surface area contributed by atoms with E-state index in [1.54, 1.807) is 6.07 Å². The van der Waals surface area contributed by atoms with Gasteiger partial charge in [0.05, 0.1) is 17.2 Å². The molecule has 0 aliphatic rings. The molecule has 17 heavy (non-hydrogen) atoms. The number of rotatable bonds is 4. The predicted molar refractivity (Wildman–Crippen MR) is 64.6 cm³/mol. The molecule has 1 aromatic carbocycles. The summed E-state index contributed by atoms with van der Waals surface area (Å²) in [4.78, 5) is 11.5. The van der Waals surface area contributed by atoms with Crippen molar-refractivity contribution >= 4 is 23.2 Å². The zero-order chi connectivity index (χ0) is 12.8. The van der Waals surface area contributed by atoms with Crippen LogP contribution in [0.25, 0.3) is 0 Å². The van der Waals surface area contributed by atoms with Gasteiger partial charge in [-0.2, -0.15) is 5.26 Å². The zero-order valence-electron chi connectivity index (χ0n) is 9.24. The third kappa shape index (κ3) is 3.71. The Bertz CT molecular complexity index is 457. The molecule has 0 saturated heterocycles. The van der Waals surface area contributed by atoms with Crippen LogP contribution in [0.4, 0.5) is 5.69 Å². The molecular weight excluding hydrogens is 242 g/mol. The van der Waals surface area contributed by atoms with E-state index in [0.717, 1.165) is 0 Å². The number of hydrogen-bond acceptors (Lipinski definition) is 4. The van der Waals surface area contributed by atoms with Gasteiger partial charge in [0.15, 0.2) is 0 Å². The van der Waals surface area contributed by atoms with E-state index in [-0.39, 0.29) is 17.5 Å². The van der Waals surface area contributed by atoms with Gasteiger partial charge >= 0.3 is 0 Å². The predicted octanol–water partition coefficient (Wildman–Crippen LogP) is 1.12. The number of nitrogens with two attached hydrogens (primary N) is 1. The molecule has 90 valence electrons. The molecule has 6 heteroatoms. The van der Waals surface area contributed by atoms with Crippen molar-refractivity contribution in [3.63, 3.8) is 0 Å². The Kier molecular flexibility index (Phi) is 4.91. The molecule has 3 N–H and O–H groups in total. The Morgan fingerprint density at radius 3 is 2.94 bits per heavy atom. The molecule has 1 atom stereocenters. The summed E-state index contributed by atoms with van der Waals surface area (Å²) in [5.41, 5.74) is 6.39. The Labute approximate surface area is 104 Å². The van der Waals surface area contributed by atoms with Crippen molar-refractivity contribution in [3.05, 3.63) is 28.8 Å². The number of ether oxygens (including phenoxy) is 1. The molecule has 0 aromatic heterocycles. The number of nitriles is 1. The minimum atomic E-state index is -0.741. The summed E-state index contributed by atoms with van der Waals surface area (Å²) < 4.78 is 4.77. The Morgan fingerprint density at radius 2 is 2.41 bits per heavy atom. The number of nitrogens with one attached hydrogen (secondary N) is 1. The van der Waals surface area contributed by atoms with Crippen LogP contribution in [0, 0.1) is 11.3 Å². The number of carbonyl (C=O) groups is 1. The standard InChI is InChI=1S/C11H12ClN3O2/c1-17-6-10(14)11(16)15-8-3-2-7(5-13)9(12)4-8/h2-4,10H,6,14H2,1H3,(H,15,16). The third-order valence-electron chi connectivity index (χ3n) is 2.04. The van der Waals surface area contributed by atoms with Crippen molar-refractivity contribution < 1.29 is 9.53 Å². The molecule has 1 rings (SSSR count). The number of amides is 1. The molecule has 0 heterocycles. The molecule has 1 aromatic rings. The van der Waals surface area contributed by atoms with Crippen LogP contribution in [0.5, 0.6) is 0 Å². The molecule has 0 saturated carbocycles. The van der Waals surface area contributed by atoms with Gasteiger partial charge < -0.3 is 15.8 Å². The Hall–Kier alpha value is -1.61. The molecular formula is C11H12ClN3O2. The highest BCUT2D eigenvalue weighted by atomic mass is 35.5. The second-order valence-corrected chi connectivity index (χ2v) is 3.76. The number of hydrogen-bond donors (Lipinski definition) is 2. The van der Waals surface area contributed by atoms with E-state index in [1.165, 1.54) is 19.2 Å². The Balaban J connectivity index is 2.73. The average molecular weight is 254 g/mol. The number of anilines is 1. The second-order valence-electron chi connectivity index (χ2n) is 3.36. The number of carbonyl (C=O) groups excluding carboxylic acids is 1. The first-order chi connectivity index (χ1) is 8.08. The van der Waals surface area contributed by atoms with Crippen molar-refractivity contribution in [2.45, 2.75) is 6.04 Å². The summed E-state index contributed by atoms with van der Waals surface area (Å²) in [5.74, 6) is -0.368. The second kappa shape index (κ2) is 6.21. The molecule has 0 fully saturated rings. The highest BCUT2D eigenvalue weighted by Gasteiger charge is 2.13. The number of halogens is 1. The number of methoxy groups -OCH3 is 1. The Morgan fingerprint density at radius 1 is 1.71 bits per heavy atom. The topological polar surface area (TPSA) is 88.1 Å². The SMILES string of the molecule is COCC(N)C(=O)Nc1ccc(C#N)c(Cl)c1. The normalized spacial score (nSPS) is 11.6. The van der Waals surface area contributed by atoms with Gasteiger partial charge in [0.25, 0.3) is 0 Å². The number of benzene rings is 1. The fourth-order valence-corrected chi connectivity index (χ4v) is 1.40. The van der Waals surface area contributed by atoms with E-state index in [4.69, 9.17) is 27.3 Å². The maximum atomic E-state index is 11.5. The fourth-order valence-electron chi connectivity index (χ4n) is 1.17. The molecule has 0 radical (unpaired) electrons. The molecule has 1 unspecified atom stereocenters. The largest absolute Gasteiger partial charge is 0.383 e. The minimum absolute atomic E-state index is 0.135. The van der Waals surface area contributed by atoms with Crippen LogP contribution in [0.2, 0.25) is 5.02 Å². The highest BCUT2D eigenvalue weighted by Crippen LogP contribution is 2.20. The first kappa shape index (κ1) is 13.5. The van der Waals surface area contributed by atoms with Crippen molar-refractivity contribution in [3.8, 4) is 6.07 Å². The maximum Gasteiger partial charge on any atom is 0.243 e. The van der Waals surface area contributed by atoms with Crippen LogP contribution in [-0.2, 0) is 9.53 Å². The van der Waals surface area contributed by atoms with Gasteiger partial charge in [-0.3, -0.25) is 4.79 Å². The summed E-state index contributed by atoms with van der Waals surface area (Å²) in [6, 6.07) is 5.80. The van der Waals surface area contributed by atoms with Crippen LogP contribution < -0.4 is 11.1 Å². The van der Waals surface area contributed by atoms with Gasteiger partial charge in [-0.05, 0) is 18.2 Å². The summed E-state index contributed by atoms with van der Waals surface area (Å²) in [5, 5.41) is 11.6. The summed E-state index contributed by atoms with van der Waals surface area (Å²) in [6.45, 7) is 0.135. The lowest BCUT2D eigenvalue weighted by atomic mass is 10.2. The first-order valence-corrected chi connectivity index (χ1v) is 5.21. The van der Waals surface area contributed by atoms with Gasteiger partial charge in [-0.25, -0.2) is 0 Å². The van der Waals surface area contributed by atoms with E-state index >= 15 is 0 Å². The van der Waals surface area contributed by atoms with E-state index in [1.807, 2.05) is 6.07 Å². The van der Waals surface area contributed by atoms with Crippen LogP contribution in [-0.4, -0.2) is 25.7 Å². The molecule has 1 amide bonds. The molecule has 0 bridgehead atoms. The number of nitrogens with zero attached hydrogens (tertiary/aromatic N) is 1. The van der Waals surface area contributed by atoms with Crippen molar-refractivity contribution in [1.29, 1.82) is 5.26 Å². The van der Waals surface area contributed by atoms with Gasteiger partial charge in [0.2, 0.25) is 5.91 Å². The molecule has 0 aliphatic carbocycles. The van der Waals surface area contributed by atoms with Gasteiger partial charge in [-0.1, -0.05) is 11.6 Å². The highest BCUT2D eigenvalue weighted by molar-refractivity contribution is 6.32. The minimum Gasteiger partial charge on any atom is -0.383 e. The summed E-state index contributed by atoms with van der Waals surface area (Å²) >= 11 is 5.82. The lowest BCUT2D eigenvalue weighted by molar-refractivity contribution is -0.118. The molecule has 0 aliphatic heterocycles. The molecule has 5 nitrogen and oxygen atoms in total. The summed E-state index contributed by atoms with van der Waals surface area (Å²) in [6.07, 6.45) is 0. The van der Waals surface area contributed by atoms with Crippen molar-refractivity contribution in [1.82, 2.24) is 0 Å². The van der Waals surface area contributed by atoms with E-state index < -0.39 is 6.04 Å². The average Bonchev–Trinajstić information content (AvgIpc) is 2.29. The third-order valence-corrected chi connectivity index (χ3v) is 2.35. The van der Waals surface area contributed by atoms with Crippen LogP contribution in [0.3, 0.4) is 0 Å². The van der Waals surface area contributed by atoms with E-state index in [9.17, 15) is 4.79 Å².